The van der Waals surface area contributed by atoms with Crippen LogP contribution < -0.4 is 0 Å². The maximum atomic E-state index is 14.8. The molecular weight excluding hydrogens is 450 g/mol. The third-order valence-electron chi connectivity index (χ3n) is 6.89. The van der Waals surface area contributed by atoms with Crippen molar-refractivity contribution in [3.05, 3.63) is 65.0 Å². The Balaban J connectivity index is 1.60. The molecule has 0 amide bonds. The van der Waals surface area contributed by atoms with Crippen molar-refractivity contribution in [2.45, 2.75) is 77.3 Å². The lowest BCUT2D eigenvalue weighted by Gasteiger charge is -2.28. The molecule has 0 heterocycles. The molecule has 0 saturated heterocycles. The molecule has 1 fully saturated rings. The average molecular weight is 483 g/mol. The van der Waals surface area contributed by atoms with Gasteiger partial charge in [0.25, 0.3) is 0 Å². The summed E-state index contributed by atoms with van der Waals surface area (Å²) >= 11 is 0. The highest BCUT2D eigenvalue weighted by Gasteiger charge is 2.23. The van der Waals surface area contributed by atoms with Gasteiger partial charge >= 0.3 is 6.18 Å². The Labute approximate surface area is 198 Å². The number of hydrogen-bond donors (Lipinski definition) is 0. The number of halogens is 6. The SMILES string of the molecule is CCCCCC1CCC(CCc2ccc(-c3cc(F)c(/C=C/C(F)(F)F)c(F)c3)c(F)c2)CC1. The molecule has 2 aromatic carbocycles. The van der Waals surface area contributed by atoms with E-state index in [0.29, 0.717) is 12.0 Å². The number of unbranched alkanes of at least 4 members (excludes halogenated alkanes) is 2. The number of allylic oxidation sites excluding steroid dienone is 1. The Morgan fingerprint density at radius 2 is 1.44 bits per heavy atom. The molecule has 186 valence electrons. The predicted octanol–water partition coefficient (Wildman–Crippen LogP) is 9.67. The Morgan fingerprint density at radius 1 is 0.824 bits per heavy atom. The predicted molar refractivity (Wildman–Crippen MR) is 125 cm³/mol. The van der Waals surface area contributed by atoms with Crippen molar-refractivity contribution in [2.24, 2.45) is 11.8 Å². The summed E-state index contributed by atoms with van der Waals surface area (Å²) in [5.74, 6) is -1.47. The van der Waals surface area contributed by atoms with E-state index < -0.39 is 29.2 Å². The molecule has 34 heavy (non-hydrogen) atoms. The Kier molecular flexibility index (Phi) is 9.26. The highest BCUT2D eigenvalue weighted by molar-refractivity contribution is 5.67. The molecule has 2 aromatic rings. The summed E-state index contributed by atoms with van der Waals surface area (Å²) in [7, 11) is 0. The summed E-state index contributed by atoms with van der Waals surface area (Å²) in [6, 6.07) is 6.34. The molecule has 1 aliphatic rings. The van der Waals surface area contributed by atoms with Gasteiger partial charge in [-0.2, -0.15) is 13.2 Å². The Hall–Kier alpha value is -2.24. The minimum Gasteiger partial charge on any atom is -0.206 e. The first kappa shape index (κ1) is 26.4. The maximum absolute atomic E-state index is 14.8. The van der Waals surface area contributed by atoms with Gasteiger partial charge in [0, 0.05) is 17.2 Å². The van der Waals surface area contributed by atoms with Gasteiger partial charge in [-0.1, -0.05) is 70.4 Å². The van der Waals surface area contributed by atoms with Crippen molar-refractivity contribution in [1.82, 2.24) is 0 Å². The van der Waals surface area contributed by atoms with E-state index in [9.17, 15) is 26.3 Å². The minimum absolute atomic E-state index is 0.0143. The van der Waals surface area contributed by atoms with E-state index in [2.05, 4.69) is 6.92 Å². The molecule has 6 heteroatoms. The molecule has 1 saturated carbocycles. The monoisotopic (exact) mass is 482 g/mol. The normalized spacial score (nSPS) is 19.1. The number of rotatable bonds is 9. The summed E-state index contributed by atoms with van der Waals surface area (Å²) in [6.07, 6.45) is 7.32. The number of hydrogen-bond acceptors (Lipinski definition) is 0. The Bertz CT molecular complexity index is 944. The lowest BCUT2D eigenvalue weighted by Crippen LogP contribution is -2.15. The second kappa shape index (κ2) is 11.9. The number of alkyl halides is 3. The van der Waals surface area contributed by atoms with E-state index in [1.165, 1.54) is 63.5 Å². The fraction of sp³-hybridized carbons (Fsp3) is 0.500. The third kappa shape index (κ3) is 7.64. The maximum Gasteiger partial charge on any atom is 0.409 e. The molecule has 0 N–H and O–H groups in total. The molecule has 0 bridgehead atoms. The fourth-order valence-corrected chi connectivity index (χ4v) is 4.89. The van der Waals surface area contributed by atoms with Crippen LogP contribution in [0.2, 0.25) is 0 Å². The molecule has 0 aliphatic heterocycles. The third-order valence-corrected chi connectivity index (χ3v) is 6.89. The second-order valence-electron chi connectivity index (χ2n) is 9.46. The van der Waals surface area contributed by atoms with E-state index in [0.717, 1.165) is 36.5 Å². The van der Waals surface area contributed by atoms with Crippen LogP contribution in [0.5, 0.6) is 0 Å². The van der Waals surface area contributed by atoms with Crippen molar-refractivity contribution < 1.29 is 26.3 Å². The molecule has 0 aromatic heterocycles. The minimum atomic E-state index is -4.69. The van der Waals surface area contributed by atoms with Gasteiger partial charge in [0.15, 0.2) is 0 Å². The van der Waals surface area contributed by atoms with Crippen molar-refractivity contribution in [2.75, 3.05) is 0 Å². The molecule has 0 spiro atoms. The largest absolute Gasteiger partial charge is 0.409 e. The first-order chi connectivity index (χ1) is 16.2. The van der Waals surface area contributed by atoms with Crippen LogP contribution in [0.1, 0.15) is 75.8 Å². The summed E-state index contributed by atoms with van der Waals surface area (Å²) in [6.45, 7) is 2.22. The molecule has 0 unspecified atom stereocenters. The zero-order valence-corrected chi connectivity index (χ0v) is 19.5. The zero-order valence-electron chi connectivity index (χ0n) is 19.5. The van der Waals surface area contributed by atoms with E-state index in [4.69, 9.17) is 0 Å². The van der Waals surface area contributed by atoms with Gasteiger partial charge in [0.05, 0.1) is 0 Å². The van der Waals surface area contributed by atoms with Gasteiger partial charge in [-0.3, -0.25) is 0 Å². The van der Waals surface area contributed by atoms with E-state index >= 15 is 0 Å². The summed E-state index contributed by atoms with van der Waals surface area (Å²) in [5.41, 5.74) is -0.0136. The van der Waals surface area contributed by atoms with Crippen LogP contribution in [0.15, 0.2) is 36.4 Å². The topological polar surface area (TPSA) is 0 Å². The van der Waals surface area contributed by atoms with Gasteiger partial charge in [-0.05, 0) is 60.1 Å². The smallest absolute Gasteiger partial charge is 0.206 e. The quantitative estimate of drug-likeness (QED) is 0.246. The van der Waals surface area contributed by atoms with E-state index in [1.807, 2.05) is 0 Å². The summed E-state index contributed by atoms with van der Waals surface area (Å²) < 4.78 is 80.2. The van der Waals surface area contributed by atoms with Gasteiger partial charge < -0.3 is 0 Å². The van der Waals surface area contributed by atoms with Crippen molar-refractivity contribution in [3.8, 4) is 11.1 Å². The molecular formula is C28H32F6. The summed E-state index contributed by atoms with van der Waals surface area (Å²) in [4.78, 5) is 0. The van der Waals surface area contributed by atoms with E-state index in [-0.39, 0.29) is 17.2 Å². The van der Waals surface area contributed by atoms with Gasteiger partial charge in [-0.25, -0.2) is 13.2 Å². The number of benzene rings is 2. The average Bonchev–Trinajstić information content (AvgIpc) is 2.77. The van der Waals surface area contributed by atoms with Crippen LogP contribution >= 0.6 is 0 Å². The Morgan fingerprint density at radius 3 is 2.00 bits per heavy atom. The molecule has 0 nitrogen and oxygen atoms in total. The lowest BCUT2D eigenvalue weighted by atomic mass is 9.78. The van der Waals surface area contributed by atoms with Crippen LogP contribution in [0.4, 0.5) is 26.3 Å². The van der Waals surface area contributed by atoms with Crippen LogP contribution in [0.25, 0.3) is 17.2 Å². The van der Waals surface area contributed by atoms with Crippen LogP contribution in [0.3, 0.4) is 0 Å². The van der Waals surface area contributed by atoms with Gasteiger partial charge in [0.2, 0.25) is 0 Å². The summed E-state index contributed by atoms with van der Waals surface area (Å²) in [5, 5.41) is 0. The molecule has 0 radical (unpaired) electrons. The zero-order chi connectivity index (χ0) is 24.7. The van der Waals surface area contributed by atoms with Crippen LogP contribution in [-0.2, 0) is 6.42 Å². The lowest BCUT2D eigenvalue weighted by molar-refractivity contribution is -0.0790. The van der Waals surface area contributed by atoms with Crippen molar-refractivity contribution in [3.63, 3.8) is 0 Å². The van der Waals surface area contributed by atoms with E-state index in [1.54, 1.807) is 6.07 Å². The molecule has 0 atom stereocenters. The van der Waals surface area contributed by atoms with Gasteiger partial charge in [-0.15, -0.1) is 0 Å². The highest BCUT2D eigenvalue weighted by atomic mass is 19.4. The first-order valence-corrected chi connectivity index (χ1v) is 12.2. The first-order valence-electron chi connectivity index (χ1n) is 12.2. The van der Waals surface area contributed by atoms with Crippen molar-refractivity contribution in [1.29, 1.82) is 0 Å². The number of aryl methyl sites for hydroxylation is 1. The molecule has 3 rings (SSSR count). The standard InChI is InChI=1S/C28H32F6/c1-2-3-4-5-19-6-8-20(9-7-19)10-11-21-12-13-23(25(29)16-21)22-17-26(30)24(27(31)18-22)14-15-28(32,33)34/h12-20H,2-11H2,1H3/b15-14+. The van der Waals surface area contributed by atoms with Crippen LogP contribution in [-0.4, -0.2) is 6.18 Å². The highest BCUT2D eigenvalue weighted by Crippen LogP contribution is 2.35. The second-order valence-corrected chi connectivity index (χ2v) is 9.46. The van der Waals surface area contributed by atoms with Crippen molar-refractivity contribution >= 4 is 6.08 Å². The van der Waals surface area contributed by atoms with Gasteiger partial charge in [0.1, 0.15) is 17.5 Å². The fourth-order valence-electron chi connectivity index (χ4n) is 4.89. The van der Waals surface area contributed by atoms with Crippen LogP contribution in [0, 0.1) is 29.3 Å². The molecule has 1 aliphatic carbocycles.